The second-order valence-electron chi connectivity index (χ2n) is 9.21. The summed E-state index contributed by atoms with van der Waals surface area (Å²) in [6, 6.07) is 8.19. The molecule has 0 saturated carbocycles. The molecule has 2 unspecified atom stereocenters. The summed E-state index contributed by atoms with van der Waals surface area (Å²) in [7, 11) is 0. The first-order chi connectivity index (χ1) is 16.4. The molecule has 2 amide bonds. The van der Waals surface area contributed by atoms with Crippen molar-refractivity contribution < 1.29 is 27.5 Å². The van der Waals surface area contributed by atoms with Crippen molar-refractivity contribution in [3.63, 3.8) is 0 Å². The lowest BCUT2D eigenvalue weighted by Crippen LogP contribution is -2.55. The van der Waals surface area contributed by atoms with E-state index >= 15 is 0 Å². The number of para-hydroxylation sites is 1. The average Bonchev–Trinajstić information content (AvgIpc) is 2.79. The zero-order chi connectivity index (χ0) is 25.8. The number of hydrogen-bond acceptors (Lipinski definition) is 5. The largest absolute Gasteiger partial charge is 0.477 e. The van der Waals surface area contributed by atoms with E-state index in [1.807, 2.05) is 0 Å². The zero-order valence-electron chi connectivity index (χ0n) is 20.1. The van der Waals surface area contributed by atoms with Gasteiger partial charge in [-0.05, 0) is 57.4 Å². The van der Waals surface area contributed by atoms with E-state index in [1.165, 1.54) is 38.2 Å². The van der Waals surface area contributed by atoms with Crippen molar-refractivity contribution >= 4 is 17.6 Å². The van der Waals surface area contributed by atoms with Crippen LogP contribution in [0.3, 0.4) is 0 Å². The average molecular weight is 493 g/mol. The fourth-order valence-corrected chi connectivity index (χ4v) is 4.26. The van der Waals surface area contributed by atoms with Crippen LogP contribution in [0.15, 0.2) is 42.6 Å². The SMILES string of the molecule is CCCC1CC(NC(=O)C(C)(C)Oc2ccccc2C(F)(F)F)CCN1c1ccc(C(N)=O)cn1. The molecular weight excluding hydrogens is 461 g/mol. The number of amides is 2. The molecule has 0 aliphatic carbocycles. The van der Waals surface area contributed by atoms with Gasteiger partial charge in [0.1, 0.15) is 11.6 Å². The maximum Gasteiger partial charge on any atom is 0.419 e. The molecule has 0 radical (unpaired) electrons. The van der Waals surface area contributed by atoms with Gasteiger partial charge in [-0.15, -0.1) is 0 Å². The van der Waals surface area contributed by atoms with E-state index in [0.29, 0.717) is 24.9 Å². The Kier molecular flexibility index (Phi) is 7.92. The maximum absolute atomic E-state index is 13.3. The number of nitrogens with one attached hydrogen (secondary N) is 1. The molecule has 10 heteroatoms. The summed E-state index contributed by atoms with van der Waals surface area (Å²) in [5.74, 6) is -0.680. The van der Waals surface area contributed by atoms with Crippen LogP contribution in [0.5, 0.6) is 5.75 Å². The van der Waals surface area contributed by atoms with Crippen molar-refractivity contribution in [3.05, 3.63) is 53.7 Å². The molecule has 3 rings (SSSR count). The van der Waals surface area contributed by atoms with Gasteiger partial charge < -0.3 is 20.7 Å². The molecule has 1 fully saturated rings. The van der Waals surface area contributed by atoms with E-state index in [9.17, 15) is 22.8 Å². The summed E-state index contributed by atoms with van der Waals surface area (Å²) in [4.78, 5) is 30.9. The van der Waals surface area contributed by atoms with Gasteiger partial charge in [0.05, 0.1) is 11.1 Å². The van der Waals surface area contributed by atoms with E-state index in [0.717, 1.165) is 24.7 Å². The number of pyridine rings is 1. The molecule has 1 saturated heterocycles. The Labute approximate surface area is 202 Å². The highest BCUT2D eigenvalue weighted by Crippen LogP contribution is 2.37. The molecular formula is C25H31F3N4O3. The Morgan fingerprint density at radius 1 is 1.20 bits per heavy atom. The van der Waals surface area contributed by atoms with Gasteiger partial charge in [-0.3, -0.25) is 9.59 Å². The van der Waals surface area contributed by atoms with Crippen LogP contribution in [0.4, 0.5) is 19.0 Å². The third-order valence-electron chi connectivity index (χ3n) is 6.10. The molecule has 3 N–H and O–H groups in total. The van der Waals surface area contributed by atoms with Crippen molar-refractivity contribution in [2.75, 3.05) is 11.4 Å². The molecule has 1 aromatic heterocycles. The Morgan fingerprint density at radius 2 is 1.91 bits per heavy atom. The Hall–Kier alpha value is -3.30. The smallest absolute Gasteiger partial charge is 0.419 e. The van der Waals surface area contributed by atoms with E-state index in [4.69, 9.17) is 10.5 Å². The van der Waals surface area contributed by atoms with Crippen molar-refractivity contribution in [1.29, 1.82) is 0 Å². The minimum absolute atomic E-state index is 0.0981. The van der Waals surface area contributed by atoms with E-state index < -0.39 is 29.2 Å². The van der Waals surface area contributed by atoms with Gasteiger partial charge in [0.25, 0.3) is 5.91 Å². The highest BCUT2D eigenvalue weighted by Gasteiger charge is 2.39. The molecule has 1 aliphatic heterocycles. The number of nitrogens with two attached hydrogens (primary N) is 1. The maximum atomic E-state index is 13.3. The minimum atomic E-state index is -4.59. The number of halogens is 3. The monoisotopic (exact) mass is 492 g/mol. The van der Waals surface area contributed by atoms with Crippen LogP contribution < -0.4 is 20.7 Å². The molecule has 1 aliphatic rings. The van der Waals surface area contributed by atoms with Crippen LogP contribution >= 0.6 is 0 Å². The number of carbonyl (C=O) groups excluding carboxylic acids is 2. The summed E-state index contributed by atoms with van der Waals surface area (Å²) in [5.41, 5.74) is 3.19. The quantitative estimate of drug-likeness (QED) is 0.572. The standard InChI is InChI=1S/C25H31F3N4O3/c1-4-7-18-14-17(12-13-32(18)21-11-10-16(15-30-21)22(29)33)31-23(34)24(2,3)35-20-9-6-5-8-19(20)25(26,27)28/h5-6,8-11,15,17-18H,4,7,12-14H2,1-3H3,(H2,29,33)(H,31,34). The predicted molar refractivity (Wildman–Crippen MR) is 126 cm³/mol. The van der Waals surface area contributed by atoms with E-state index in [2.05, 4.69) is 22.1 Å². The van der Waals surface area contributed by atoms with Gasteiger partial charge in [0.2, 0.25) is 5.91 Å². The second kappa shape index (κ2) is 10.5. The Balaban J connectivity index is 1.68. The lowest BCUT2D eigenvalue weighted by molar-refractivity contribution is -0.143. The van der Waals surface area contributed by atoms with Gasteiger partial charge in [-0.25, -0.2) is 4.98 Å². The number of aromatic nitrogens is 1. The molecule has 2 heterocycles. The summed E-state index contributed by atoms with van der Waals surface area (Å²) < 4.78 is 45.6. The number of nitrogens with zero attached hydrogens (tertiary/aromatic N) is 2. The van der Waals surface area contributed by atoms with E-state index in [-0.39, 0.29) is 17.8 Å². The van der Waals surface area contributed by atoms with Gasteiger partial charge in [0, 0.05) is 24.8 Å². The van der Waals surface area contributed by atoms with Crippen LogP contribution in [0.1, 0.15) is 62.4 Å². The third kappa shape index (κ3) is 6.43. The first-order valence-corrected chi connectivity index (χ1v) is 11.6. The number of piperidine rings is 1. The second-order valence-corrected chi connectivity index (χ2v) is 9.21. The van der Waals surface area contributed by atoms with Gasteiger partial charge >= 0.3 is 6.18 Å². The summed E-state index contributed by atoms with van der Waals surface area (Å²) in [5, 5.41) is 2.97. The molecule has 0 bridgehead atoms. The molecule has 2 aromatic rings. The lowest BCUT2D eigenvalue weighted by atomic mass is 9.93. The fourth-order valence-electron chi connectivity index (χ4n) is 4.26. The fraction of sp³-hybridized carbons (Fsp3) is 0.480. The topological polar surface area (TPSA) is 97.5 Å². The minimum Gasteiger partial charge on any atom is -0.477 e. The molecule has 190 valence electrons. The zero-order valence-corrected chi connectivity index (χ0v) is 20.1. The Morgan fingerprint density at radius 3 is 2.51 bits per heavy atom. The van der Waals surface area contributed by atoms with Crippen LogP contribution in [0.25, 0.3) is 0 Å². The molecule has 0 spiro atoms. The van der Waals surface area contributed by atoms with Crippen LogP contribution in [0.2, 0.25) is 0 Å². The number of alkyl halides is 3. The molecule has 7 nitrogen and oxygen atoms in total. The first-order valence-electron chi connectivity index (χ1n) is 11.6. The van der Waals surface area contributed by atoms with E-state index in [1.54, 1.807) is 12.1 Å². The number of ether oxygens (including phenoxy) is 1. The van der Waals surface area contributed by atoms with Crippen LogP contribution in [-0.4, -0.2) is 41.0 Å². The summed E-state index contributed by atoms with van der Waals surface area (Å²) in [6.45, 7) is 5.60. The first kappa shape index (κ1) is 26.3. The van der Waals surface area contributed by atoms with Gasteiger partial charge in [-0.1, -0.05) is 25.5 Å². The molecule has 35 heavy (non-hydrogen) atoms. The van der Waals surface area contributed by atoms with Crippen molar-refractivity contribution in [2.45, 2.75) is 70.3 Å². The van der Waals surface area contributed by atoms with Crippen LogP contribution in [-0.2, 0) is 11.0 Å². The number of primary amides is 1. The number of hydrogen-bond donors (Lipinski definition) is 2. The highest BCUT2D eigenvalue weighted by molar-refractivity contribution is 5.92. The molecule has 1 aromatic carbocycles. The molecule has 2 atom stereocenters. The summed E-state index contributed by atoms with van der Waals surface area (Å²) >= 11 is 0. The lowest BCUT2D eigenvalue weighted by Gasteiger charge is -2.41. The predicted octanol–water partition coefficient (Wildman–Crippen LogP) is 4.31. The number of benzene rings is 1. The number of rotatable bonds is 8. The summed E-state index contributed by atoms with van der Waals surface area (Å²) in [6.07, 6.45) is -0.0802. The number of carbonyl (C=O) groups is 2. The highest BCUT2D eigenvalue weighted by atomic mass is 19.4. The third-order valence-corrected chi connectivity index (χ3v) is 6.10. The normalized spacial score (nSPS) is 18.7. The van der Waals surface area contributed by atoms with Crippen molar-refractivity contribution in [1.82, 2.24) is 10.3 Å². The number of anilines is 1. The Bertz CT molecular complexity index is 1040. The van der Waals surface area contributed by atoms with Crippen LogP contribution in [0, 0.1) is 0 Å². The van der Waals surface area contributed by atoms with Gasteiger partial charge in [-0.2, -0.15) is 13.2 Å². The van der Waals surface area contributed by atoms with Gasteiger partial charge in [0.15, 0.2) is 5.60 Å². The van der Waals surface area contributed by atoms with Crippen molar-refractivity contribution in [2.24, 2.45) is 5.73 Å². The van der Waals surface area contributed by atoms with Crippen molar-refractivity contribution in [3.8, 4) is 5.75 Å².